The minimum atomic E-state index is -4.17. The van der Waals surface area contributed by atoms with E-state index in [0.29, 0.717) is 30.0 Å². The third-order valence-electron chi connectivity index (χ3n) is 7.86. The monoisotopic (exact) mass is 641 g/mol. The molecule has 1 N–H and O–H groups in total. The molecule has 0 saturated carbocycles. The molecule has 242 valence electrons. The fourth-order valence-corrected chi connectivity index (χ4v) is 6.42. The van der Waals surface area contributed by atoms with Gasteiger partial charge in [0.1, 0.15) is 24.1 Å². The molecule has 0 aliphatic heterocycles. The van der Waals surface area contributed by atoms with E-state index in [9.17, 15) is 18.0 Å². The lowest BCUT2D eigenvalue weighted by atomic mass is 10.1. The van der Waals surface area contributed by atoms with Crippen molar-refractivity contribution in [3.63, 3.8) is 0 Å². The quantitative estimate of drug-likeness (QED) is 0.155. The van der Waals surface area contributed by atoms with Crippen molar-refractivity contribution in [2.45, 2.75) is 63.9 Å². The van der Waals surface area contributed by atoms with Crippen molar-refractivity contribution in [2.75, 3.05) is 17.4 Å². The van der Waals surface area contributed by atoms with Crippen LogP contribution in [0.4, 0.5) is 5.69 Å². The van der Waals surface area contributed by atoms with Gasteiger partial charge in [0.15, 0.2) is 0 Å². The molecular formula is C37H43N3O5S. The number of para-hydroxylation sites is 1. The molecule has 0 heterocycles. The zero-order chi connectivity index (χ0) is 33.1. The fourth-order valence-electron chi connectivity index (χ4n) is 5.01. The number of rotatable bonds is 15. The van der Waals surface area contributed by atoms with Gasteiger partial charge in [-0.3, -0.25) is 13.9 Å². The molecule has 8 nitrogen and oxygen atoms in total. The van der Waals surface area contributed by atoms with Crippen LogP contribution in [0.5, 0.6) is 11.5 Å². The fraction of sp³-hybridized carbons (Fsp3) is 0.297. The van der Waals surface area contributed by atoms with Gasteiger partial charge in [0.2, 0.25) is 11.8 Å². The number of nitrogens with zero attached hydrogens (tertiary/aromatic N) is 2. The van der Waals surface area contributed by atoms with Gasteiger partial charge in [-0.25, -0.2) is 8.42 Å². The van der Waals surface area contributed by atoms with Crippen LogP contribution in [0.3, 0.4) is 0 Å². The van der Waals surface area contributed by atoms with Gasteiger partial charge in [-0.2, -0.15) is 0 Å². The van der Waals surface area contributed by atoms with Crippen LogP contribution in [0.15, 0.2) is 114 Å². The van der Waals surface area contributed by atoms with Crippen molar-refractivity contribution in [3.8, 4) is 11.5 Å². The number of aryl methyl sites for hydroxylation is 1. The number of ether oxygens (including phenoxy) is 1. The molecule has 0 aromatic heterocycles. The Labute approximate surface area is 273 Å². The van der Waals surface area contributed by atoms with Gasteiger partial charge in [-0.05, 0) is 87.2 Å². The summed E-state index contributed by atoms with van der Waals surface area (Å²) >= 11 is 0. The number of sulfonamides is 1. The van der Waals surface area contributed by atoms with Crippen LogP contribution in [0, 0.1) is 6.92 Å². The number of hydrogen-bond acceptors (Lipinski definition) is 5. The average molecular weight is 642 g/mol. The summed E-state index contributed by atoms with van der Waals surface area (Å²) in [5, 5.41) is 3.01. The van der Waals surface area contributed by atoms with Gasteiger partial charge < -0.3 is 15.0 Å². The Hall–Kier alpha value is -4.63. The standard InChI is InChI=1S/C37H43N3O5S/c1-5-29(4)38-37(42)35(6-2)39(26-25-30-13-9-7-10-14-30)36(41)27-40(46(43,44)34-23-17-28(3)18-24-34)31-19-21-33(22-20-31)45-32-15-11-8-12-16-32/h7-24,29,35H,5-6,25-27H2,1-4H3,(H,38,42)/t29-,35-/m0/s1. The van der Waals surface area contributed by atoms with E-state index in [0.717, 1.165) is 21.9 Å². The summed E-state index contributed by atoms with van der Waals surface area (Å²) in [6.07, 6.45) is 1.63. The second-order valence-electron chi connectivity index (χ2n) is 11.3. The maximum absolute atomic E-state index is 14.3. The topological polar surface area (TPSA) is 96.0 Å². The first-order valence-electron chi connectivity index (χ1n) is 15.7. The van der Waals surface area contributed by atoms with Gasteiger partial charge in [0.05, 0.1) is 10.6 Å². The number of anilines is 1. The molecule has 0 fully saturated rings. The zero-order valence-electron chi connectivity index (χ0n) is 26.9. The number of nitrogens with one attached hydrogen (secondary N) is 1. The smallest absolute Gasteiger partial charge is 0.264 e. The lowest BCUT2D eigenvalue weighted by Crippen LogP contribution is -2.54. The Kier molecular flexibility index (Phi) is 12.0. The van der Waals surface area contributed by atoms with Crippen molar-refractivity contribution in [1.29, 1.82) is 0 Å². The zero-order valence-corrected chi connectivity index (χ0v) is 27.7. The number of carbonyl (C=O) groups is 2. The summed E-state index contributed by atoms with van der Waals surface area (Å²) in [7, 11) is -4.17. The van der Waals surface area contributed by atoms with E-state index >= 15 is 0 Å². The van der Waals surface area contributed by atoms with Crippen molar-refractivity contribution in [3.05, 3.63) is 120 Å². The lowest BCUT2D eigenvalue weighted by molar-refractivity contribution is -0.139. The van der Waals surface area contributed by atoms with Gasteiger partial charge in [-0.15, -0.1) is 0 Å². The Balaban J connectivity index is 1.69. The highest BCUT2D eigenvalue weighted by Crippen LogP contribution is 2.28. The molecule has 2 atom stereocenters. The van der Waals surface area contributed by atoms with Crippen LogP contribution in [0.25, 0.3) is 0 Å². The van der Waals surface area contributed by atoms with Crippen molar-refractivity contribution < 1.29 is 22.7 Å². The SMILES string of the molecule is CC[C@H](C)NC(=O)[C@H](CC)N(CCc1ccccc1)C(=O)CN(c1ccc(Oc2ccccc2)cc1)S(=O)(=O)c1ccc(C)cc1. The summed E-state index contributed by atoms with van der Waals surface area (Å²) < 4.78 is 35.3. The molecule has 0 spiro atoms. The van der Waals surface area contributed by atoms with Crippen LogP contribution in [0.1, 0.15) is 44.7 Å². The third-order valence-corrected chi connectivity index (χ3v) is 9.65. The lowest BCUT2D eigenvalue weighted by Gasteiger charge is -2.33. The Morgan fingerprint density at radius 3 is 1.96 bits per heavy atom. The second kappa shape index (κ2) is 16.1. The van der Waals surface area contributed by atoms with Crippen LogP contribution in [-0.4, -0.2) is 50.3 Å². The van der Waals surface area contributed by atoms with Crippen molar-refractivity contribution in [2.24, 2.45) is 0 Å². The molecule has 4 rings (SSSR count). The Morgan fingerprint density at radius 2 is 1.37 bits per heavy atom. The van der Waals surface area contributed by atoms with Gasteiger partial charge >= 0.3 is 0 Å². The maximum Gasteiger partial charge on any atom is 0.264 e. The molecule has 46 heavy (non-hydrogen) atoms. The molecule has 2 amide bonds. The number of carbonyl (C=O) groups excluding carboxylic acids is 2. The van der Waals surface area contributed by atoms with Gasteiger partial charge in [-0.1, -0.05) is 80.1 Å². The Morgan fingerprint density at radius 1 is 0.783 bits per heavy atom. The van der Waals surface area contributed by atoms with Crippen LogP contribution in [0.2, 0.25) is 0 Å². The van der Waals surface area contributed by atoms with Crippen LogP contribution >= 0.6 is 0 Å². The molecule has 0 bridgehead atoms. The van der Waals surface area contributed by atoms with Crippen molar-refractivity contribution in [1.82, 2.24) is 10.2 Å². The highest BCUT2D eigenvalue weighted by Gasteiger charge is 2.33. The predicted molar refractivity (Wildman–Crippen MR) is 183 cm³/mol. The van der Waals surface area contributed by atoms with E-state index in [1.54, 1.807) is 36.4 Å². The van der Waals surface area contributed by atoms with Gasteiger partial charge in [0.25, 0.3) is 10.0 Å². The van der Waals surface area contributed by atoms with E-state index in [-0.39, 0.29) is 23.4 Å². The number of amides is 2. The van der Waals surface area contributed by atoms with Crippen molar-refractivity contribution >= 4 is 27.5 Å². The summed E-state index contributed by atoms with van der Waals surface area (Å²) in [6, 6.07) is 31.3. The number of hydrogen-bond donors (Lipinski definition) is 1. The van der Waals surface area contributed by atoms with Crippen LogP contribution < -0.4 is 14.4 Å². The first kappa shape index (κ1) is 34.2. The molecule has 0 aliphatic rings. The second-order valence-corrected chi connectivity index (χ2v) is 13.2. The molecular weight excluding hydrogens is 598 g/mol. The minimum Gasteiger partial charge on any atom is -0.457 e. The minimum absolute atomic E-state index is 0.0629. The van der Waals surface area contributed by atoms with Gasteiger partial charge in [0, 0.05) is 12.6 Å². The summed E-state index contributed by atoms with van der Waals surface area (Å²) in [4.78, 5) is 29.3. The Bertz CT molecular complexity index is 1660. The first-order valence-corrected chi connectivity index (χ1v) is 17.1. The first-order chi connectivity index (χ1) is 22.1. The molecule has 4 aromatic carbocycles. The van der Waals surface area contributed by atoms with E-state index in [1.807, 2.05) is 88.4 Å². The number of benzene rings is 4. The molecule has 0 aliphatic carbocycles. The average Bonchev–Trinajstić information content (AvgIpc) is 3.06. The molecule has 0 radical (unpaired) electrons. The van der Waals surface area contributed by atoms with E-state index < -0.39 is 28.5 Å². The van der Waals surface area contributed by atoms with E-state index in [4.69, 9.17) is 4.74 Å². The summed E-state index contributed by atoms with van der Waals surface area (Å²) in [6.45, 7) is 7.39. The molecule has 9 heteroatoms. The predicted octanol–water partition coefficient (Wildman–Crippen LogP) is 6.75. The van der Waals surface area contributed by atoms with Crippen LogP contribution in [-0.2, 0) is 26.0 Å². The normalized spacial score (nSPS) is 12.5. The van der Waals surface area contributed by atoms with E-state index in [2.05, 4.69) is 5.32 Å². The van der Waals surface area contributed by atoms with E-state index in [1.165, 1.54) is 17.0 Å². The largest absolute Gasteiger partial charge is 0.457 e. The third kappa shape index (κ3) is 8.97. The summed E-state index contributed by atoms with van der Waals surface area (Å²) in [5.41, 5.74) is 2.22. The molecule has 0 saturated heterocycles. The maximum atomic E-state index is 14.3. The molecule has 4 aromatic rings. The highest BCUT2D eigenvalue weighted by molar-refractivity contribution is 7.92. The summed E-state index contributed by atoms with van der Waals surface area (Å²) in [5.74, 6) is 0.437. The highest BCUT2D eigenvalue weighted by atomic mass is 32.2. The molecule has 0 unspecified atom stereocenters.